The van der Waals surface area contributed by atoms with Crippen molar-refractivity contribution in [1.82, 2.24) is 24.6 Å². The van der Waals surface area contributed by atoms with E-state index in [1.165, 1.54) is 19.2 Å². The molecule has 0 spiro atoms. The Balaban J connectivity index is 1.66. The first-order valence-electron chi connectivity index (χ1n) is 9.33. The number of nitrogens with one attached hydrogen (secondary N) is 1. The van der Waals surface area contributed by atoms with Crippen molar-refractivity contribution in [2.75, 3.05) is 0 Å². The maximum Gasteiger partial charge on any atom is 0.272 e. The number of aromatic nitrogens is 4. The van der Waals surface area contributed by atoms with E-state index in [1.54, 1.807) is 0 Å². The van der Waals surface area contributed by atoms with Gasteiger partial charge in [0.05, 0.1) is 17.1 Å². The molecule has 29 heavy (non-hydrogen) atoms. The van der Waals surface area contributed by atoms with Crippen molar-refractivity contribution >= 4 is 16.9 Å². The van der Waals surface area contributed by atoms with Crippen LogP contribution in [0, 0.1) is 0 Å². The molecule has 1 amide bonds. The number of benzene rings is 2. The van der Waals surface area contributed by atoms with Crippen LogP contribution < -0.4 is 10.9 Å². The second-order valence-corrected chi connectivity index (χ2v) is 6.90. The molecular formula is C22H21N5O2. The van der Waals surface area contributed by atoms with Gasteiger partial charge in [-0.3, -0.25) is 9.59 Å². The van der Waals surface area contributed by atoms with Crippen LogP contribution in [-0.2, 0) is 20.5 Å². The fraction of sp³-hybridized carbons (Fsp3) is 0.182. The number of nitrogens with zero attached hydrogens (tertiary/aromatic N) is 4. The zero-order chi connectivity index (χ0) is 20.4. The number of carbonyl (C=O) groups is 1. The molecule has 0 saturated carbocycles. The van der Waals surface area contributed by atoms with Crippen LogP contribution in [0.4, 0.5) is 0 Å². The van der Waals surface area contributed by atoms with Crippen molar-refractivity contribution in [2.45, 2.75) is 12.5 Å². The van der Waals surface area contributed by atoms with Gasteiger partial charge in [0, 0.05) is 26.6 Å². The first kappa shape index (κ1) is 18.6. The summed E-state index contributed by atoms with van der Waals surface area (Å²) in [6, 6.07) is 20.2. The monoisotopic (exact) mass is 387 g/mol. The third-order valence-corrected chi connectivity index (χ3v) is 4.97. The molecule has 7 nitrogen and oxygen atoms in total. The van der Waals surface area contributed by atoms with Crippen LogP contribution in [0.1, 0.15) is 27.9 Å². The van der Waals surface area contributed by atoms with Gasteiger partial charge in [0.15, 0.2) is 0 Å². The number of hydrogen-bond donors (Lipinski definition) is 1. The zero-order valence-electron chi connectivity index (χ0n) is 16.2. The molecule has 1 N–H and O–H groups in total. The number of para-hydroxylation sites is 2. The number of imidazole rings is 1. The van der Waals surface area contributed by atoms with E-state index in [2.05, 4.69) is 10.4 Å². The Kier molecular flexibility index (Phi) is 4.95. The Hall–Kier alpha value is -3.74. The Morgan fingerprint density at radius 1 is 1.00 bits per heavy atom. The lowest BCUT2D eigenvalue weighted by molar-refractivity contribution is 0.0928. The first-order chi connectivity index (χ1) is 14.0. The van der Waals surface area contributed by atoms with E-state index in [9.17, 15) is 9.59 Å². The largest absolute Gasteiger partial charge is 0.343 e. The van der Waals surface area contributed by atoms with E-state index in [0.29, 0.717) is 6.42 Å². The van der Waals surface area contributed by atoms with Crippen molar-refractivity contribution in [3.63, 3.8) is 0 Å². The summed E-state index contributed by atoms with van der Waals surface area (Å²) in [5.74, 6) is 0.530. The smallest absolute Gasteiger partial charge is 0.272 e. The quantitative estimate of drug-likeness (QED) is 0.570. The van der Waals surface area contributed by atoms with Crippen LogP contribution >= 0.6 is 0 Å². The SMILES string of the molecule is Cn1nc(C(=O)N[C@@H](Cc2nc3ccccc3n2C)c2ccccc2)ccc1=O. The Morgan fingerprint density at radius 3 is 2.45 bits per heavy atom. The van der Waals surface area contributed by atoms with Crippen LogP contribution in [0.3, 0.4) is 0 Å². The van der Waals surface area contributed by atoms with Crippen LogP contribution in [-0.4, -0.2) is 25.2 Å². The number of carbonyl (C=O) groups excluding carboxylic acids is 1. The van der Waals surface area contributed by atoms with E-state index >= 15 is 0 Å². The molecule has 4 aromatic rings. The van der Waals surface area contributed by atoms with Gasteiger partial charge in [-0.25, -0.2) is 9.67 Å². The van der Waals surface area contributed by atoms with E-state index in [-0.39, 0.29) is 23.2 Å². The van der Waals surface area contributed by atoms with Crippen molar-refractivity contribution in [2.24, 2.45) is 14.1 Å². The second-order valence-electron chi connectivity index (χ2n) is 6.90. The molecule has 0 aliphatic rings. The number of amides is 1. The van der Waals surface area contributed by atoms with E-state index in [4.69, 9.17) is 4.98 Å². The van der Waals surface area contributed by atoms with E-state index < -0.39 is 0 Å². The summed E-state index contributed by atoms with van der Waals surface area (Å²) in [7, 11) is 3.50. The van der Waals surface area contributed by atoms with Crippen LogP contribution in [0.2, 0.25) is 0 Å². The number of aryl methyl sites for hydroxylation is 2. The lowest BCUT2D eigenvalue weighted by atomic mass is 10.0. The van der Waals surface area contributed by atoms with Gasteiger partial charge in [-0.2, -0.15) is 5.10 Å². The maximum absolute atomic E-state index is 12.8. The summed E-state index contributed by atoms with van der Waals surface area (Å²) in [5.41, 5.74) is 2.86. The van der Waals surface area contributed by atoms with Gasteiger partial charge in [0.1, 0.15) is 11.5 Å². The molecule has 4 rings (SSSR count). The number of fused-ring (bicyclic) bond motifs is 1. The Labute approximate surface area is 167 Å². The highest BCUT2D eigenvalue weighted by Gasteiger charge is 2.20. The molecule has 2 aromatic heterocycles. The summed E-state index contributed by atoms with van der Waals surface area (Å²) in [6.07, 6.45) is 0.521. The van der Waals surface area contributed by atoms with Crippen LogP contribution in [0.5, 0.6) is 0 Å². The lowest BCUT2D eigenvalue weighted by Crippen LogP contribution is -2.33. The summed E-state index contributed by atoms with van der Waals surface area (Å²) in [4.78, 5) is 29.1. The highest BCUT2D eigenvalue weighted by Crippen LogP contribution is 2.21. The third-order valence-electron chi connectivity index (χ3n) is 4.97. The number of rotatable bonds is 5. The predicted molar refractivity (Wildman–Crippen MR) is 111 cm³/mol. The molecule has 1 atom stereocenters. The van der Waals surface area contributed by atoms with Crippen molar-refractivity contribution in [3.05, 3.63) is 94.2 Å². The predicted octanol–water partition coefficient (Wildman–Crippen LogP) is 2.38. The molecule has 0 bridgehead atoms. The highest BCUT2D eigenvalue weighted by atomic mass is 16.2. The molecule has 2 heterocycles. The standard InChI is InChI=1S/C22H21N5O2/c1-26-19-11-7-6-10-16(19)23-20(26)14-18(15-8-4-3-5-9-15)24-22(29)17-12-13-21(28)27(2)25-17/h3-13,18H,14H2,1-2H3,(H,24,29)/t18-/m0/s1. The molecular weight excluding hydrogens is 366 g/mol. The fourth-order valence-electron chi connectivity index (χ4n) is 3.35. The van der Waals surface area contributed by atoms with Crippen molar-refractivity contribution < 1.29 is 4.79 Å². The molecule has 0 aliphatic heterocycles. The summed E-state index contributed by atoms with van der Waals surface area (Å²) >= 11 is 0. The number of hydrogen-bond acceptors (Lipinski definition) is 4. The van der Waals surface area contributed by atoms with Crippen LogP contribution in [0.15, 0.2) is 71.5 Å². The molecule has 0 saturated heterocycles. The highest BCUT2D eigenvalue weighted by molar-refractivity contribution is 5.92. The molecule has 146 valence electrons. The van der Waals surface area contributed by atoms with E-state index in [1.807, 2.05) is 66.2 Å². The molecule has 0 fully saturated rings. The maximum atomic E-state index is 12.8. The summed E-state index contributed by atoms with van der Waals surface area (Å²) in [5, 5.41) is 7.10. The minimum atomic E-state index is -0.340. The van der Waals surface area contributed by atoms with Crippen molar-refractivity contribution in [3.8, 4) is 0 Å². The van der Waals surface area contributed by atoms with Gasteiger partial charge in [0.25, 0.3) is 11.5 Å². The summed E-state index contributed by atoms with van der Waals surface area (Å²) in [6.45, 7) is 0. The van der Waals surface area contributed by atoms with Gasteiger partial charge in [-0.05, 0) is 23.8 Å². The molecule has 0 radical (unpaired) electrons. The lowest BCUT2D eigenvalue weighted by Gasteiger charge is -2.19. The molecule has 0 unspecified atom stereocenters. The zero-order valence-corrected chi connectivity index (χ0v) is 16.2. The Morgan fingerprint density at radius 2 is 1.72 bits per heavy atom. The average molecular weight is 387 g/mol. The Bertz CT molecular complexity index is 1230. The summed E-state index contributed by atoms with van der Waals surface area (Å²) < 4.78 is 3.19. The van der Waals surface area contributed by atoms with Gasteiger partial charge in [-0.1, -0.05) is 42.5 Å². The van der Waals surface area contributed by atoms with E-state index in [0.717, 1.165) is 27.1 Å². The van der Waals surface area contributed by atoms with Crippen LogP contribution in [0.25, 0.3) is 11.0 Å². The van der Waals surface area contributed by atoms with Gasteiger partial charge >= 0.3 is 0 Å². The second kappa shape index (κ2) is 7.71. The third kappa shape index (κ3) is 3.80. The van der Waals surface area contributed by atoms with Gasteiger partial charge < -0.3 is 9.88 Å². The first-order valence-corrected chi connectivity index (χ1v) is 9.33. The van der Waals surface area contributed by atoms with Crippen molar-refractivity contribution in [1.29, 1.82) is 0 Å². The topological polar surface area (TPSA) is 81.8 Å². The molecule has 7 heteroatoms. The average Bonchev–Trinajstić information content (AvgIpc) is 3.06. The minimum Gasteiger partial charge on any atom is -0.343 e. The fourth-order valence-corrected chi connectivity index (χ4v) is 3.35. The normalized spacial score (nSPS) is 12.1. The van der Waals surface area contributed by atoms with Gasteiger partial charge in [-0.15, -0.1) is 0 Å². The van der Waals surface area contributed by atoms with Gasteiger partial charge in [0.2, 0.25) is 0 Å². The minimum absolute atomic E-state index is 0.193. The molecule has 2 aromatic carbocycles. The molecule has 0 aliphatic carbocycles.